The van der Waals surface area contributed by atoms with Gasteiger partial charge in [0, 0.05) is 25.7 Å². The van der Waals surface area contributed by atoms with Crippen LogP contribution in [0.1, 0.15) is 13.8 Å². The molecule has 0 aromatic carbocycles. The van der Waals surface area contributed by atoms with E-state index in [-0.39, 0.29) is 24.8 Å². The van der Waals surface area contributed by atoms with Crippen molar-refractivity contribution in [2.75, 3.05) is 19.6 Å². The van der Waals surface area contributed by atoms with Gasteiger partial charge in [-0.3, -0.25) is 0 Å². The fourth-order valence-electron chi connectivity index (χ4n) is 1.15. The number of hydrogen-bond acceptors (Lipinski definition) is 2. The third-order valence-corrected chi connectivity index (χ3v) is 1.88. The second-order valence-corrected chi connectivity index (χ2v) is 3.01. The molecule has 1 aliphatic rings. The Labute approximate surface area is 81.3 Å². The van der Waals surface area contributed by atoms with E-state index in [1.807, 2.05) is 0 Å². The second kappa shape index (κ2) is 7.17. The zero-order chi connectivity index (χ0) is 6.69. The van der Waals surface area contributed by atoms with Crippen LogP contribution in [-0.2, 0) is 0 Å². The van der Waals surface area contributed by atoms with Gasteiger partial charge in [-0.15, -0.1) is 24.8 Å². The van der Waals surface area contributed by atoms with Crippen LogP contribution in [0.4, 0.5) is 0 Å². The van der Waals surface area contributed by atoms with Crippen LogP contribution in [0.15, 0.2) is 0 Å². The molecule has 0 aliphatic carbocycles. The van der Waals surface area contributed by atoms with Crippen LogP contribution in [0.5, 0.6) is 0 Å². The van der Waals surface area contributed by atoms with Crippen molar-refractivity contribution in [2.24, 2.45) is 5.92 Å². The molecule has 2 nitrogen and oxygen atoms in total. The van der Waals surface area contributed by atoms with E-state index in [0.717, 1.165) is 25.6 Å². The monoisotopic (exact) mass is 200 g/mol. The number of nitrogens with one attached hydrogen (secondary N) is 2. The number of halogens is 2. The highest BCUT2D eigenvalue weighted by molar-refractivity contribution is 5.85. The average Bonchev–Trinajstić information content (AvgIpc) is 1.90. The van der Waals surface area contributed by atoms with Gasteiger partial charge < -0.3 is 10.6 Å². The van der Waals surface area contributed by atoms with Gasteiger partial charge in [-0.2, -0.15) is 0 Å². The van der Waals surface area contributed by atoms with Crippen molar-refractivity contribution < 1.29 is 0 Å². The number of piperazine rings is 1. The van der Waals surface area contributed by atoms with E-state index in [4.69, 9.17) is 0 Å². The lowest BCUT2D eigenvalue weighted by molar-refractivity contribution is 0.342. The first kappa shape index (κ1) is 14.0. The maximum absolute atomic E-state index is 3.46. The molecule has 4 heteroatoms. The van der Waals surface area contributed by atoms with E-state index in [1.54, 1.807) is 0 Å². The third kappa shape index (κ3) is 4.86. The molecule has 1 heterocycles. The quantitative estimate of drug-likeness (QED) is 0.662. The molecule has 0 bridgehead atoms. The zero-order valence-corrected chi connectivity index (χ0v) is 8.73. The first-order valence-corrected chi connectivity index (χ1v) is 3.75. The minimum Gasteiger partial charge on any atom is -0.314 e. The Hall–Kier alpha value is 0.500. The highest BCUT2D eigenvalue weighted by atomic mass is 35.5. The van der Waals surface area contributed by atoms with Gasteiger partial charge >= 0.3 is 0 Å². The first-order chi connectivity index (χ1) is 4.30. The van der Waals surface area contributed by atoms with Gasteiger partial charge in [0.1, 0.15) is 0 Å². The van der Waals surface area contributed by atoms with Crippen LogP contribution >= 0.6 is 24.8 Å². The van der Waals surface area contributed by atoms with Crippen LogP contribution in [0.3, 0.4) is 0 Å². The van der Waals surface area contributed by atoms with Gasteiger partial charge in [0.15, 0.2) is 0 Å². The first-order valence-electron chi connectivity index (χ1n) is 3.75. The van der Waals surface area contributed by atoms with E-state index < -0.39 is 0 Å². The molecule has 1 fully saturated rings. The van der Waals surface area contributed by atoms with Gasteiger partial charge in [-0.25, -0.2) is 0 Å². The van der Waals surface area contributed by atoms with Gasteiger partial charge in [-0.1, -0.05) is 13.8 Å². The molecule has 0 aromatic heterocycles. The summed E-state index contributed by atoms with van der Waals surface area (Å²) < 4.78 is 0. The highest BCUT2D eigenvalue weighted by Gasteiger charge is 2.14. The van der Waals surface area contributed by atoms with Gasteiger partial charge in [-0.05, 0) is 5.92 Å². The minimum atomic E-state index is 0. The molecule has 0 aromatic rings. The van der Waals surface area contributed by atoms with Crippen molar-refractivity contribution in [3.63, 3.8) is 0 Å². The van der Waals surface area contributed by atoms with Crippen molar-refractivity contribution in [2.45, 2.75) is 19.9 Å². The zero-order valence-electron chi connectivity index (χ0n) is 7.09. The van der Waals surface area contributed by atoms with E-state index in [1.165, 1.54) is 0 Å². The summed E-state index contributed by atoms with van der Waals surface area (Å²) in [5.74, 6) is 0.762. The molecule has 1 atom stereocenters. The summed E-state index contributed by atoms with van der Waals surface area (Å²) in [6, 6.07) is 0.693. The highest BCUT2D eigenvalue weighted by Crippen LogP contribution is 2.00. The van der Waals surface area contributed by atoms with Crippen molar-refractivity contribution in [1.29, 1.82) is 0 Å². The molecule has 2 N–H and O–H groups in total. The lowest BCUT2D eigenvalue weighted by Crippen LogP contribution is -2.50. The second-order valence-electron chi connectivity index (χ2n) is 3.01. The molecular formula is C7H18Cl2N2. The maximum Gasteiger partial charge on any atom is 0.0215 e. The largest absolute Gasteiger partial charge is 0.314 e. The summed E-state index contributed by atoms with van der Waals surface area (Å²) in [6.45, 7) is 7.90. The summed E-state index contributed by atoms with van der Waals surface area (Å²) in [4.78, 5) is 0. The van der Waals surface area contributed by atoms with Gasteiger partial charge in [0.25, 0.3) is 0 Å². The summed E-state index contributed by atoms with van der Waals surface area (Å²) in [6.07, 6.45) is 0. The van der Waals surface area contributed by atoms with Gasteiger partial charge in [0.2, 0.25) is 0 Å². The Balaban J connectivity index is 0. The van der Waals surface area contributed by atoms with Crippen LogP contribution < -0.4 is 10.6 Å². The molecular weight excluding hydrogens is 183 g/mol. The topological polar surface area (TPSA) is 24.1 Å². The lowest BCUT2D eigenvalue weighted by Gasteiger charge is -2.27. The molecule has 0 spiro atoms. The predicted octanol–water partition coefficient (Wildman–Crippen LogP) is 1.05. The Morgan fingerprint density at radius 2 is 1.82 bits per heavy atom. The van der Waals surface area contributed by atoms with Crippen molar-refractivity contribution in [1.82, 2.24) is 10.6 Å². The molecule has 1 saturated heterocycles. The Morgan fingerprint density at radius 3 is 2.09 bits per heavy atom. The smallest absolute Gasteiger partial charge is 0.0215 e. The van der Waals surface area contributed by atoms with Crippen molar-refractivity contribution in [3.05, 3.63) is 0 Å². The normalized spacial score (nSPS) is 23.7. The fourth-order valence-corrected chi connectivity index (χ4v) is 1.15. The maximum atomic E-state index is 3.46. The molecule has 11 heavy (non-hydrogen) atoms. The molecule has 0 amide bonds. The number of rotatable bonds is 1. The molecule has 0 saturated carbocycles. The van der Waals surface area contributed by atoms with Gasteiger partial charge in [0.05, 0.1) is 0 Å². The Kier molecular flexibility index (Phi) is 9.15. The average molecular weight is 201 g/mol. The summed E-state index contributed by atoms with van der Waals surface area (Å²) in [5, 5.41) is 6.81. The lowest BCUT2D eigenvalue weighted by atomic mass is 10.0. The SMILES string of the molecule is CC(C)[C@H]1CNCCN1.Cl.Cl. The Bertz CT molecular complexity index is 82.5. The molecule has 1 aliphatic heterocycles. The fraction of sp³-hybridized carbons (Fsp3) is 1.00. The van der Waals surface area contributed by atoms with E-state index in [0.29, 0.717) is 6.04 Å². The summed E-state index contributed by atoms with van der Waals surface area (Å²) >= 11 is 0. The van der Waals surface area contributed by atoms with Crippen molar-refractivity contribution >= 4 is 24.8 Å². The molecule has 0 radical (unpaired) electrons. The van der Waals surface area contributed by atoms with Crippen LogP contribution in [0.2, 0.25) is 0 Å². The Morgan fingerprint density at radius 1 is 1.18 bits per heavy atom. The predicted molar refractivity (Wildman–Crippen MR) is 54.0 cm³/mol. The van der Waals surface area contributed by atoms with E-state index in [9.17, 15) is 0 Å². The van der Waals surface area contributed by atoms with Crippen LogP contribution in [0, 0.1) is 5.92 Å². The summed E-state index contributed by atoms with van der Waals surface area (Å²) in [7, 11) is 0. The molecule has 1 rings (SSSR count). The third-order valence-electron chi connectivity index (χ3n) is 1.88. The van der Waals surface area contributed by atoms with Crippen molar-refractivity contribution in [3.8, 4) is 0 Å². The van der Waals surface area contributed by atoms with Crippen LogP contribution in [0.25, 0.3) is 0 Å². The van der Waals surface area contributed by atoms with Crippen LogP contribution in [-0.4, -0.2) is 25.7 Å². The molecule has 70 valence electrons. The van der Waals surface area contributed by atoms with E-state index >= 15 is 0 Å². The minimum absolute atomic E-state index is 0. The number of hydrogen-bond donors (Lipinski definition) is 2. The van der Waals surface area contributed by atoms with E-state index in [2.05, 4.69) is 24.5 Å². The standard InChI is InChI=1S/C7H16N2.2ClH/c1-6(2)7-5-8-3-4-9-7;;/h6-9H,3-5H2,1-2H3;2*1H/t7-;;/m1../s1. The summed E-state index contributed by atoms with van der Waals surface area (Å²) in [5.41, 5.74) is 0. The molecule has 0 unspecified atom stereocenters.